The Kier molecular flexibility index (Phi) is 7.46. The summed E-state index contributed by atoms with van der Waals surface area (Å²) in [5.74, 6) is 0.444. The quantitative estimate of drug-likeness (QED) is 0.336. The smallest absolute Gasteiger partial charge is 0.355 e. The van der Waals surface area contributed by atoms with Gasteiger partial charge >= 0.3 is 5.97 Å². The van der Waals surface area contributed by atoms with Gasteiger partial charge in [-0.25, -0.2) is 4.79 Å². The Hall–Kier alpha value is -3.40. The molecule has 4 heteroatoms. The molecule has 3 aromatic rings. The van der Waals surface area contributed by atoms with Crippen molar-refractivity contribution in [2.24, 2.45) is 17.8 Å². The lowest BCUT2D eigenvalue weighted by Crippen LogP contribution is -2.38. The third-order valence-corrected chi connectivity index (χ3v) is 6.85. The minimum absolute atomic E-state index is 0.152. The number of ether oxygens (including phenoxy) is 1. The Morgan fingerprint density at radius 2 is 1.65 bits per heavy atom. The van der Waals surface area contributed by atoms with E-state index in [2.05, 4.69) is 26.1 Å². The molecule has 1 aliphatic rings. The van der Waals surface area contributed by atoms with E-state index in [0.29, 0.717) is 23.3 Å². The first-order chi connectivity index (χ1) is 16.4. The summed E-state index contributed by atoms with van der Waals surface area (Å²) in [4.78, 5) is 26.5. The molecule has 0 spiro atoms. The number of fused-ring (bicyclic) bond motifs is 1. The van der Waals surface area contributed by atoms with Crippen molar-refractivity contribution < 1.29 is 14.3 Å². The molecule has 0 aromatic heterocycles. The highest BCUT2D eigenvalue weighted by Gasteiger charge is 2.34. The highest BCUT2D eigenvalue weighted by molar-refractivity contribution is 6.04. The van der Waals surface area contributed by atoms with Crippen LogP contribution in [0.2, 0.25) is 0 Å². The van der Waals surface area contributed by atoms with Crippen LogP contribution in [-0.2, 0) is 9.53 Å². The van der Waals surface area contributed by atoms with Gasteiger partial charge in [0.25, 0.3) is 5.91 Å². The van der Waals surface area contributed by atoms with Crippen molar-refractivity contribution in [1.29, 1.82) is 0 Å². The van der Waals surface area contributed by atoms with E-state index in [1.165, 1.54) is 0 Å². The molecule has 0 heterocycles. The summed E-state index contributed by atoms with van der Waals surface area (Å²) in [5, 5.41) is 4.92. The SMILES string of the molecule is CC(C)[C@@H]1CC[C@@H](C)C[C@H]1OC(=O)/C(=C/c1cccc2ccccc12)NC(=O)c1ccccc1. The molecule has 3 aromatic carbocycles. The highest BCUT2D eigenvalue weighted by atomic mass is 16.5. The molecule has 0 saturated heterocycles. The third-order valence-electron chi connectivity index (χ3n) is 6.85. The monoisotopic (exact) mass is 455 g/mol. The Balaban J connectivity index is 1.67. The van der Waals surface area contributed by atoms with Crippen molar-refractivity contribution in [3.63, 3.8) is 0 Å². The van der Waals surface area contributed by atoms with Crippen LogP contribution in [0.15, 0.2) is 78.5 Å². The molecule has 0 aliphatic heterocycles. The lowest BCUT2D eigenvalue weighted by molar-refractivity contribution is -0.151. The van der Waals surface area contributed by atoms with Crippen molar-refractivity contribution >= 4 is 28.7 Å². The van der Waals surface area contributed by atoms with Gasteiger partial charge in [0, 0.05) is 5.56 Å². The number of rotatable bonds is 6. The zero-order valence-corrected chi connectivity index (χ0v) is 20.2. The van der Waals surface area contributed by atoms with Gasteiger partial charge in [0.2, 0.25) is 0 Å². The van der Waals surface area contributed by atoms with E-state index in [0.717, 1.165) is 35.6 Å². The molecule has 0 radical (unpaired) electrons. The van der Waals surface area contributed by atoms with Crippen LogP contribution >= 0.6 is 0 Å². The van der Waals surface area contributed by atoms with Crippen LogP contribution in [0.5, 0.6) is 0 Å². The second-order valence-electron chi connectivity index (χ2n) is 9.72. The predicted molar refractivity (Wildman–Crippen MR) is 137 cm³/mol. The van der Waals surface area contributed by atoms with Gasteiger partial charge in [0.05, 0.1) is 0 Å². The van der Waals surface area contributed by atoms with Crippen LogP contribution in [0.1, 0.15) is 56.0 Å². The van der Waals surface area contributed by atoms with Crippen LogP contribution in [-0.4, -0.2) is 18.0 Å². The molecule has 0 unspecified atom stereocenters. The summed E-state index contributed by atoms with van der Waals surface area (Å²) in [5.41, 5.74) is 1.51. The van der Waals surface area contributed by atoms with Crippen LogP contribution in [0.4, 0.5) is 0 Å². The summed E-state index contributed by atoms with van der Waals surface area (Å²) < 4.78 is 6.10. The first-order valence-electron chi connectivity index (χ1n) is 12.2. The number of carbonyl (C=O) groups excluding carboxylic acids is 2. The molecule has 176 valence electrons. The summed E-state index contributed by atoms with van der Waals surface area (Å²) in [7, 11) is 0. The number of amides is 1. The van der Waals surface area contributed by atoms with Crippen LogP contribution < -0.4 is 5.32 Å². The second-order valence-corrected chi connectivity index (χ2v) is 9.72. The van der Waals surface area contributed by atoms with Gasteiger partial charge in [-0.15, -0.1) is 0 Å². The van der Waals surface area contributed by atoms with E-state index in [9.17, 15) is 9.59 Å². The number of esters is 1. The van der Waals surface area contributed by atoms with Crippen LogP contribution in [0, 0.1) is 17.8 Å². The van der Waals surface area contributed by atoms with Crippen molar-refractivity contribution in [2.45, 2.75) is 46.1 Å². The molecule has 1 N–H and O–H groups in total. The molecule has 1 aliphatic carbocycles. The fraction of sp³-hybridized carbons (Fsp3) is 0.333. The molecule has 4 nitrogen and oxygen atoms in total. The molecule has 1 saturated carbocycles. The van der Waals surface area contributed by atoms with E-state index in [-0.39, 0.29) is 17.7 Å². The maximum Gasteiger partial charge on any atom is 0.355 e. The topological polar surface area (TPSA) is 55.4 Å². The Morgan fingerprint density at radius 3 is 2.41 bits per heavy atom. The minimum Gasteiger partial charge on any atom is -0.457 e. The zero-order chi connectivity index (χ0) is 24.1. The average molecular weight is 456 g/mol. The minimum atomic E-state index is -0.484. The van der Waals surface area contributed by atoms with Gasteiger partial charge in [-0.1, -0.05) is 87.9 Å². The third kappa shape index (κ3) is 5.56. The van der Waals surface area contributed by atoms with Crippen molar-refractivity contribution in [3.05, 3.63) is 89.6 Å². The van der Waals surface area contributed by atoms with Gasteiger partial charge in [-0.05, 0) is 65.1 Å². The standard InChI is InChI=1S/C30H33NO3/c1-20(2)25-17-16-21(3)18-28(25)34-30(33)27(31-29(32)23-11-5-4-6-12-23)19-24-14-9-13-22-10-7-8-15-26(22)24/h4-15,19-21,25,28H,16-18H2,1-3H3,(H,31,32)/b27-19-/t21-,25+,28-/m1/s1. The summed E-state index contributed by atoms with van der Waals surface area (Å²) in [6, 6.07) is 22.9. The molecule has 4 rings (SSSR count). The average Bonchev–Trinajstić information content (AvgIpc) is 2.84. The van der Waals surface area contributed by atoms with E-state index < -0.39 is 5.97 Å². The molecule has 1 fully saturated rings. The summed E-state index contributed by atoms with van der Waals surface area (Å²) in [6.45, 7) is 6.58. The highest BCUT2D eigenvalue weighted by Crippen LogP contribution is 2.35. The number of hydrogen-bond donors (Lipinski definition) is 1. The van der Waals surface area contributed by atoms with Gasteiger partial charge in [-0.3, -0.25) is 4.79 Å². The van der Waals surface area contributed by atoms with Gasteiger partial charge in [0.15, 0.2) is 0 Å². The van der Waals surface area contributed by atoms with E-state index in [1.807, 2.05) is 48.5 Å². The lowest BCUT2D eigenvalue weighted by atomic mass is 9.75. The maximum atomic E-state index is 13.5. The fourth-order valence-electron chi connectivity index (χ4n) is 4.91. The largest absolute Gasteiger partial charge is 0.457 e. The Labute approximate surface area is 202 Å². The van der Waals surface area contributed by atoms with E-state index in [1.54, 1.807) is 30.3 Å². The Bertz CT molecular complexity index is 1180. The number of nitrogens with one attached hydrogen (secondary N) is 1. The first-order valence-corrected chi connectivity index (χ1v) is 12.2. The van der Waals surface area contributed by atoms with Crippen LogP contribution in [0.3, 0.4) is 0 Å². The van der Waals surface area contributed by atoms with Crippen molar-refractivity contribution in [3.8, 4) is 0 Å². The predicted octanol–water partition coefficient (Wildman–Crippen LogP) is 6.61. The zero-order valence-electron chi connectivity index (χ0n) is 20.2. The van der Waals surface area contributed by atoms with Crippen molar-refractivity contribution in [2.75, 3.05) is 0 Å². The molecule has 0 bridgehead atoms. The van der Waals surface area contributed by atoms with Gasteiger partial charge in [0.1, 0.15) is 11.8 Å². The molecule has 3 atom stereocenters. The van der Waals surface area contributed by atoms with Crippen molar-refractivity contribution in [1.82, 2.24) is 5.32 Å². The van der Waals surface area contributed by atoms with Crippen LogP contribution in [0.25, 0.3) is 16.8 Å². The lowest BCUT2D eigenvalue weighted by Gasteiger charge is -2.36. The van der Waals surface area contributed by atoms with Gasteiger partial charge in [-0.2, -0.15) is 0 Å². The number of benzene rings is 3. The molecule has 34 heavy (non-hydrogen) atoms. The molecule has 1 amide bonds. The summed E-state index contributed by atoms with van der Waals surface area (Å²) in [6.07, 6.45) is 4.64. The fourth-order valence-corrected chi connectivity index (χ4v) is 4.91. The number of carbonyl (C=O) groups is 2. The second kappa shape index (κ2) is 10.7. The van der Waals surface area contributed by atoms with E-state index in [4.69, 9.17) is 4.74 Å². The normalized spacial score (nSPS) is 20.8. The Morgan fingerprint density at radius 1 is 0.941 bits per heavy atom. The number of hydrogen-bond acceptors (Lipinski definition) is 3. The van der Waals surface area contributed by atoms with Gasteiger partial charge < -0.3 is 10.1 Å². The van der Waals surface area contributed by atoms with E-state index >= 15 is 0 Å². The first kappa shape index (κ1) is 23.7. The maximum absolute atomic E-state index is 13.5. The molecular weight excluding hydrogens is 422 g/mol. The molecular formula is C30H33NO3. The summed E-state index contributed by atoms with van der Waals surface area (Å²) >= 11 is 0.